The van der Waals surface area contributed by atoms with Crippen LogP contribution in [0.1, 0.15) is 23.6 Å². The number of rotatable bonds is 11. The summed E-state index contributed by atoms with van der Waals surface area (Å²) in [6, 6.07) is 8.27. The van der Waals surface area contributed by atoms with Gasteiger partial charge >= 0.3 is 0 Å². The number of morpholine rings is 1. The van der Waals surface area contributed by atoms with Crippen molar-refractivity contribution in [3.05, 3.63) is 57.8 Å². The minimum atomic E-state index is -0.333. The summed E-state index contributed by atoms with van der Waals surface area (Å²) in [5.41, 5.74) is 6.99. The van der Waals surface area contributed by atoms with Gasteiger partial charge < -0.3 is 35.7 Å². The Morgan fingerprint density at radius 3 is 2.59 bits per heavy atom. The van der Waals surface area contributed by atoms with Crippen molar-refractivity contribution in [1.29, 1.82) is 5.41 Å². The highest BCUT2D eigenvalue weighted by atomic mass is 79.9. The van der Waals surface area contributed by atoms with Crippen LogP contribution in [0.3, 0.4) is 0 Å². The molecule has 41 heavy (non-hydrogen) atoms. The molecular weight excluding hydrogens is 601 g/mol. The smallest absolute Gasteiger partial charge is 0.229 e. The van der Waals surface area contributed by atoms with E-state index in [1.54, 1.807) is 13.3 Å². The maximum atomic E-state index is 8.15. The number of ether oxygens (including phenoxy) is 2. The highest BCUT2D eigenvalue weighted by Crippen LogP contribution is 2.39. The van der Waals surface area contributed by atoms with Crippen LogP contribution in [0.15, 0.2) is 41.1 Å². The molecule has 1 saturated heterocycles. The molecule has 11 heteroatoms. The molecule has 0 unspecified atom stereocenters. The predicted octanol–water partition coefficient (Wildman–Crippen LogP) is 6.16. The lowest BCUT2D eigenvalue weighted by atomic mass is 10.0. The summed E-state index contributed by atoms with van der Waals surface area (Å²) < 4.78 is 12.2. The molecular formula is C30H39BrN7O2P. The molecule has 0 saturated carbocycles. The SMILES string of the molecule is CCN/C=C(\C=N)c1cc(Nc2ncc(Br)c(Nc3ccc(C)c(C)c3P(C)C)n2)c(OC)cc1N1CCOCC1. The number of allylic oxidation sites excluding steroid dienone is 1. The monoisotopic (exact) mass is 639 g/mol. The van der Waals surface area contributed by atoms with Gasteiger partial charge in [-0.3, -0.25) is 0 Å². The van der Waals surface area contributed by atoms with Gasteiger partial charge in [-0.2, -0.15) is 4.98 Å². The highest BCUT2D eigenvalue weighted by Gasteiger charge is 2.21. The van der Waals surface area contributed by atoms with E-state index < -0.39 is 0 Å². The number of aryl methyl sites for hydroxylation is 1. The van der Waals surface area contributed by atoms with E-state index in [0.29, 0.717) is 36.4 Å². The van der Waals surface area contributed by atoms with Crippen LogP contribution in [-0.2, 0) is 4.74 Å². The number of methoxy groups -OCH3 is 1. The maximum Gasteiger partial charge on any atom is 0.229 e. The van der Waals surface area contributed by atoms with Crippen LogP contribution in [0.5, 0.6) is 5.75 Å². The lowest BCUT2D eigenvalue weighted by Crippen LogP contribution is -2.36. The van der Waals surface area contributed by atoms with Gasteiger partial charge in [-0.15, -0.1) is 0 Å². The van der Waals surface area contributed by atoms with Gasteiger partial charge in [0.05, 0.1) is 30.5 Å². The summed E-state index contributed by atoms with van der Waals surface area (Å²) in [6.45, 7) is 14.5. The van der Waals surface area contributed by atoms with Gasteiger partial charge in [-0.25, -0.2) is 4.98 Å². The van der Waals surface area contributed by atoms with Gasteiger partial charge in [0, 0.05) is 72.1 Å². The second-order valence-electron chi connectivity index (χ2n) is 9.91. The van der Waals surface area contributed by atoms with E-state index in [2.05, 4.69) is 81.1 Å². The second kappa shape index (κ2) is 14.1. The third-order valence-electron chi connectivity index (χ3n) is 6.99. The summed E-state index contributed by atoms with van der Waals surface area (Å²) in [4.78, 5) is 11.6. The molecule has 0 spiro atoms. The highest BCUT2D eigenvalue weighted by molar-refractivity contribution is 9.10. The van der Waals surface area contributed by atoms with Crippen molar-refractivity contribution in [3.63, 3.8) is 0 Å². The summed E-state index contributed by atoms with van der Waals surface area (Å²) in [5, 5.41) is 19.6. The van der Waals surface area contributed by atoms with Gasteiger partial charge in [-0.1, -0.05) is 14.0 Å². The third kappa shape index (κ3) is 7.18. The zero-order valence-corrected chi connectivity index (χ0v) is 27.0. The fraction of sp³-hybridized carbons (Fsp3) is 0.367. The average molecular weight is 641 g/mol. The molecule has 0 bridgehead atoms. The van der Waals surface area contributed by atoms with E-state index in [1.165, 1.54) is 22.6 Å². The van der Waals surface area contributed by atoms with E-state index in [9.17, 15) is 0 Å². The molecule has 4 rings (SSSR count). The number of benzene rings is 2. The fourth-order valence-corrected chi connectivity index (χ4v) is 6.53. The van der Waals surface area contributed by atoms with Crippen molar-refractivity contribution in [2.24, 2.45) is 0 Å². The Balaban J connectivity index is 1.74. The summed E-state index contributed by atoms with van der Waals surface area (Å²) in [7, 11) is 1.32. The Morgan fingerprint density at radius 1 is 1.17 bits per heavy atom. The average Bonchev–Trinajstić information content (AvgIpc) is 2.97. The van der Waals surface area contributed by atoms with Crippen molar-refractivity contribution in [3.8, 4) is 5.75 Å². The standard InChI is InChI=1S/C30H39BrN7O2P/c1-7-33-17-21(16-32)22-14-25(27(39-4)15-26(22)38-10-12-40-13-11-38)36-30-34-18-23(31)29(37-30)35-24-9-8-19(2)20(3)28(24)41(5)6/h8-9,14-18,32-33H,7,10-13H2,1-6H3,(H2,34,35,36,37)/b21-17+,32-16?. The third-order valence-corrected chi connectivity index (χ3v) is 9.04. The first-order valence-electron chi connectivity index (χ1n) is 13.6. The second-order valence-corrected chi connectivity index (χ2v) is 13.0. The topological polar surface area (TPSA) is 107 Å². The van der Waals surface area contributed by atoms with Gasteiger partial charge in [0.15, 0.2) is 0 Å². The molecule has 2 aromatic carbocycles. The Morgan fingerprint density at radius 2 is 1.93 bits per heavy atom. The summed E-state index contributed by atoms with van der Waals surface area (Å²) >= 11 is 3.62. The number of hydrogen-bond acceptors (Lipinski definition) is 9. The van der Waals surface area contributed by atoms with Crippen LogP contribution < -0.4 is 30.9 Å². The Labute approximate surface area is 252 Å². The molecule has 1 aliphatic heterocycles. The molecule has 0 aliphatic carbocycles. The van der Waals surface area contributed by atoms with Crippen LogP contribution in [-0.4, -0.2) is 69.5 Å². The molecule has 2 heterocycles. The number of nitrogens with zero attached hydrogens (tertiary/aromatic N) is 3. The lowest BCUT2D eigenvalue weighted by molar-refractivity contribution is 0.122. The van der Waals surface area contributed by atoms with Crippen LogP contribution in [0.4, 0.5) is 28.8 Å². The molecule has 3 aromatic rings. The molecule has 9 nitrogen and oxygen atoms in total. The minimum Gasteiger partial charge on any atom is -0.494 e. The summed E-state index contributed by atoms with van der Waals surface area (Å²) in [6.07, 6.45) is 4.98. The molecule has 1 aliphatic rings. The number of halogens is 1. The summed E-state index contributed by atoms with van der Waals surface area (Å²) in [5.74, 6) is 1.75. The minimum absolute atomic E-state index is 0.333. The molecule has 4 N–H and O–H groups in total. The van der Waals surface area contributed by atoms with E-state index in [4.69, 9.17) is 19.9 Å². The fourth-order valence-electron chi connectivity index (χ4n) is 4.78. The Bertz CT molecular complexity index is 1420. The van der Waals surface area contributed by atoms with E-state index in [1.807, 2.05) is 25.3 Å². The molecule has 0 atom stereocenters. The van der Waals surface area contributed by atoms with Crippen molar-refractivity contribution in [2.75, 3.05) is 68.8 Å². The van der Waals surface area contributed by atoms with Crippen LogP contribution in [0.25, 0.3) is 5.57 Å². The van der Waals surface area contributed by atoms with E-state index in [-0.39, 0.29) is 7.92 Å². The first-order chi connectivity index (χ1) is 19.8. The Hall–Kier alpha value is -3.20. The quantitative estimate of drug-likeness (QED) is 0.146. The lowest BCUT2D eigenvalue weighted by Gasteiger charge is -2.31. The first-order valence-corrected chi connectivity index (χ1v) is 16.6. The Kier molecular flexibility index (Phi) is 10.6. The van der Waals surface area contributed by atoms with Gasteiger partial charge in [-0.05, 0) is 73.3 Å². The normalized spacial score (nSPS) is 13.8. The van der Waals surface area contributed by atoms with Crippen molar-refractivity contribution < 1.29 is 9.47 Å². The van der Waals surface area contributed by atoms with E-state index in [0.717, 1.165) is 46.6 Å². The largest absolute Gasteiger partial charge is 0.494 e. The van der Waals surface area contributed by atoms with E-state index >= 15 is 0 Å². The van der Waals surface area contributed by atoms with Crippen LogP contribution in [0, 0.1) is 19.3 Å². The number of aromatic nitrogens is 2. The number of nitrogens with one attached hydrogen (secondary N) is 4. The predicted molar refractivity (Wildman–Crippen MR) is 177 cm³/mol. The molecule has 0 amide bonds. The molecule has 1 aromatic heterocycles. The molecule has 218 valence electrons. The number of hydrogen-bond donors (Lipinski definition) is 4. The first kappa shape index (κ1) is 30.8. The van der Waals surface area contributed by atoms with Crippen LogP contribution in [0.2, 0.25) is 0 Å². The maximum absolute atomic E-state index is 8.15. The van der Waals surface area contributed by atoms with Gasteiger partial charge in [0.25, 0.3) is 0 Å². The van der Waals surface area contributed by atoms with Crippen LogP contribution >= 0.6 is 23.9 Å². The molecule has 1 fully saturated rings. The van der Waals surface area contributed by atoms with Gasteiger partial charge in [0.1, 0.15) is 11.6 Å². The van der Waals surface area contributed by atoms with Crippen molar-refractivity contribution in [1.82, 2.24) is 15.3 Å². The zero-order valence-electron chi connectivity index (χ0n) is 24.6. The molecule has 0 radical (unpaired) electrons. The van der Waals surface area contributed by atoms with Crippen molar-refractivity contribution >= 4 is 69.8 Å². The zero-order chi connectivity index (χ0) is 29.5. The number of anilines is 5. The van der Waals surface area contributed by atoms with Gasteiger partial charge in [0.2, 0.25) is 5.95 Å². The van der Waals surface area contributed by atoms with Crippen molar-refractivity contribution in [2.45, 2.75) is 20.8 Å².